The average molecular weight is 275 g/mol. The molecule has 2 heterocycles. The largest absolute Gasteiger partial charge is 0.478 e. The van der Waals surface area contributed by atoms with Gasteiger partial charge in [0.2, 0.25) is 0 Å². The van der Waals surface area contributed by atoms with E-state index < -0.39 is 11.8 Å². The van der Waals surface area contributed by atoms with Crippen LogP contribution in [0, 0.1) is 5.82 Å². The molecule has 0 radical (unpaired) electrons. The van der Waals surface area contributed by atoms with Crippen molar-refractivity contribution in [1.82, 2.24) is 14.5 Å². The first-order valence-corrected chi connectivity index (χ1v) is 6.37. The number of carboxylic acid groups (broad SMARTS) is 1. The zero-order valence-corrected chi connectivity index (χ0v) is 10.8. The summed E-state index contributed by atoms with van der Waals surface area (Å²) in [7, 11) is 0. The lowest BCUT2D eigenvalue weighted by Crippen LogP contribution is -2.33. The Morgan fingerprint density at radius 2 is 2.25 bits per heavy atom. The van der Waals surface area contributed by atoms with Crippen molar-refractivity contribution in [2.24, 2.45) is 0 Å². The van der Waals surface area contributed by atoms with Crippen LogP contribution >= 0.6 is 0 Å². The van der Waals surface area contributed by atoms with Crippen LogP contribution in [0.5, 0.6) is 0 Å². The van der Waals surface area contributed by atoms with Crippen molar-refractivity contribution in [3.63, 3.8) is 0 Å². The number of aromatic nitrogens is 2. The standard InChI is InChI=1S/C14H14FN3O2/c15-12-7-10(14(19)20)1-2-11(12)8-17-5-6-18-4-3-16-13(18)9-17/h1-4,7H,5-6,8-9H2,(H,19,20). The Bertz CT molecular complexity index is 654. The number of hydrogen-bond acceptors (Lipinski definition) is 3. The maximum atomic E-state index is 13.9. The highest BCUT2D eigenvalue weighted by Crippen LogP contribution is 2.17. The summed E-state index contributed by atoms with van der Waals surface area (Å²) in [5, 5.41) is 8.82. The summed E-state index contributed by atoms with van der Waals surface area (Å²) in [6.07, 6.45) is 3.70. The van der Waals surface area contributed by atoms with Gasteiger partial charge in [0.15, 0.2) is 0 Å². The van der Waals surface area contributed by atoms with E-state index in [1.165, 1.54) is 6.07 Å². The van der Waals surface area contributed by atoms with Gasteiger partial charge in [-0.3, -0.25) is 4.90 Å². The number of carboxylic acids is 1. The van der Waals surface area contributed by atoms with Crippen molar-refractivity contribution in [3.05, 3.63) is 53.4 Å². The minimum Gasteiger partial charge on any atom is -0.478 e. The summed E-state index contributed by atoms with van der Waals surface area (Å²) in [5.74, 6) is -0.618. The average Bonchev–Trinajstić information content (AvgIpc) is 2.88. The lowest BCUT2D eigenvalue weighted by Gasteiger charge is -2.27. The third kappa shape index (κ3) is 2.42. The number of fused-ring (bicyclic) bond motifs is 1. The van der Waals surface area contributed by atoms with Gasteiger partial charge in [-0.2, -0.15) is 0 Å². The molecule has 2 aromatic rings. The van der Waals surface area contributed by atoms with Crippen LogP contribution in [0.15, 0.2) is 30.6 Å². The second-order valence-corrected chi connectivity index (χ2v) is 4.86. The van der Waals surface area contributed by atoms with E-state index in [2.05, 4.69) is 14.5 Å². The van der Waals surface area contributed by atoms with Crippen LogP contribution in [-0.4, -0.2) is 32.1 Å². The quantitative estimate of drug-likeness (QED) is 0.927. The number of rotatable bonds is 3. The molecule has 1 aromatic heterocycles. The highest BCUT2D eigenvalue weighted by atomic mass is 19.1. The van der Waals surface area contributed by atoms with Crippen molar-refractivity contribution in [2.45, 2.75) is 19.6 Å². The molecular weight excluding hydrogens is 261 g/mol. The molecule has 0 atom stereocenters. The van der Waals surface area contributed by atoms with E-state index >= 15 is 0 Å². The second-order valence-electron chi connectivity index (χ2n) is 4.86. The van der Waals surface area contributed by atoms with E-state index in [1.807, 2.05) is 6.20 Å². The van der Waals surface area contributed by atoms with Crippen LogP contribution < -0.4 is 0 Å². The first kappa shape index (κ1) is 12.8. The Balaban J connectivity index is 1.74. The number of nitrogens with zero attached hydrogens (tertiary/aromatic N) is 3. The Hall–Kier alpha value is -2.21. The number of imidazole rings is 1. The van der Waals surface area contributed by atoms with E-state index in [0.29, 0.717) is 18.7 Å². The number of benzene rings is 1. The van der Waals surface area contributed by atoms with Crippen molar-refractivity contribution in [3.8, 4) is 0 Å². The zero-order valence-electron chi connectivity index (χ0n) is 10.8. The molecule has 1 aromatic carbocycles. The molecule has 0 fully saturated rings. The van der Waals surface area contributed by atoms with E-state index in [9.17, 15) is 9.18 Å². The van der Waals surface area contributed by atoms with Gasteiger partial charge in [-0.25, -0.2) is 14.2 Å². The predicted molar refractivity (Wildman–Crippen MR) is 69.7 cm³/mol. The normalized spacial score (nSPS) is 15.1. The Kier molecular flexibility index (Phi) is 3.23. The van der Waals surface area contributed by atoms with Gasteiger partial charge in [0.25, 0.3) is 0 Å². The summed E-state index contributed by atoms with van der Waals surface area (Å²) < 4.78 is 16.0. The number of hydrogen-bond donors (Lipinski definition) is 1. The van der Waals surface area contributed by atoms with Crippen molar-refractivity contribution < 1.29 is 14.3 Å². The first-order chi connectivity index (χ1) is 9.63. The molecule has 0 aliphatic carbocycles. The summed E-state index contributed by atoms with van der Waals surface area (Å²) in [5.41, 5.74) is 0.482. The van der Waals surface area contributed by atoms with Gasteiger partial charge in [0.05, 0.1) is 12.1 Å². The van der Waals surface area contributed by atoms with Crippen LogP contribution in [0.25, 0.3) is 0 Å². The van der Waals surface area contributed by atoms with Gasteiger partial charge in [0, 0.05) is 37.6 Å². The smallest absolute Gasteiger partial charge is 0.335 e. The molecule has 0 bridgehead atoms. The monoisotopic (exact) mass is 275 g/mol. The number of aromatic carboxylic acids is 1. The van der Waals surface area contributed by atoms with E-state index in [-0.39, 0.29) is 5.56 Å². The Morgan fingerprint density at radius 1 is 1.40 bits per heavy atom. The molecule has 20 heavy (non-hydrogen) atoms. The SMILES string of the molecule is O=C(O)c1ccc(CN2CCn3ccnc3C2)c(F)c1. The molecule has 5 nitrogen and oxygen atoms in total. The molecule has 0 amide bonds. The van der Waals surface area contributed by atoms with Gasteiger partial charge >= 0.3 is 5.97 Å². The van der Waals surface area contributed by atoms with Crippen LogP contribution in [0.4, 0.5) is 4.39 Å². The Labute approximate surface area is 115 Å². The molecule has 6 heteroatoms. The molecule has 104 valence electrons. The topological polar surface area (TPSA) is 58.4 Å². The Morgan fingerprint density at radius 3 is 3.00 bits per heavy atom. The van der Waals surface area contributed by atoms with Crippen LogP contribution in [0.2, 0.25) is 0 Å². The molecule has 0 spiro atoms. The molecule has 0 unspecified atom stereocenters. The molecule has 1 N–H and O–H groups in total. The first-order valence-electron chi connectivity index (χ1n) is 6.37. The molecule has 1 aliphatic heterocycles. The molecule has 1 aliphatic rings. The van der Waals surface area contributed by atoms with E-state index in [0.717, 1.165) is 25.0 Å². The summed E-state index contributed by atoms with van der Waals surface area (Å²) in [4.78, 5) is 17.1. The maximum absolute atomic E-state index is 13.9. The predicted octanol–water partition coefficient (Wildman–Crippen LogP) is 1.74. The number of carbonyl (C=O) groups is 1. The fraction of sp³-hybridized carbons (Fsp3) is 0.286. The van der Waals surface area contributed by atoms with Crippen LogP contribution in [0.3, 0.4) is 0 Å². The summed E-state index contributed by atoms with van der Waals surface area (Å²) >= 11 is 0. The van der Waals surface area contributed by atoms with Crippen LogP contribution in [-0.2, 0) is 19.6 Å². The maximum Gasteiger partial charge on any atom is 0.335 e. The second kappa shape index (κ2) is 5.05. The molecule has 0 saturated carbocycles. The van der Waals surface area contributed by atoms with Gasteiger partial charge in [-0.15, -0.1) is 0 Å². The third-order valence-corrected chi connectivity index (χ3v) is 3.52. The lowest BCUT2D eigenvalue weighted by atomic mass is 10.1. The molecule has 3 rings (SSSR count). The zero-order chi connectivity index (χ0) is 14.1. The van der Waals surface area contributed by atoms with E-state index in [1.54, 1.807) is 12.3 Å². The fourth-order valence-corrected chi connectivity index (χ4v) is 2.41. The summed E-state index contributed by atoms with van der Waals surface area (Å²) in [6, 6.07) is 4.05. The lowest BCUT2D eigenvalue weighted by molar-refractivity contribution is 0.0696. The van der Waals surface area contributed by atoms with Crippen molar-refractivity contribution >= 4 is 5.97 Å². The van der Waals surface area contributed by atoms with Gasteiger partial charge in [0.1, 0.15) is 11.6 Å². The third-order valence-electron chi connectivity index (χ3n) is 3.52. The molecular formula is C14H14FN3O2. The van der Waals surface area contributed by atoms with Crippen molar-refractivity contribution in [2.75, 3.05) is 6.54 Å². The van der Waals surface area contributed by atoms with Crippen molar-refractivity contribution in [1.29, 1.82) is 0 Å². The minimum atomic E-state index is -1.12. The summed E-state index contributed by atoms with van der Waals surface area (Å²) in [6.45, 7) is 2.79. The van der Waals surface area contributed by atoms with Gasteiger partial charge in [-0.05, 0) is 12.1 Å². The van der Waals surface area contributed by atoms with Gasteiger partial charge in [-0.1, -0.05) is 6.07 Å². The number of halogens is 1. The highest BCUT2D eigenvalue weighted by molar-refractivity contribution is 5.87. The van der Waals surface area contributed by atoms with Crippen LogP contribution in [0.1, 0.15) is 21.7 Å². The highest BCUT2D eigenvalue weighted by Gasteiger charge is 2.18. The van der Waals surface area contributed by atoms with E-state index in [4.69, 9.17) is 5.11 Å². The molecule has 0 saturated heterocycles. The fourth-order valence-electron chi connectivity index (χ4n) is 2.41. The van der Waals surface area contributed by atoms with Gasteiger partial charge < -0.3 is 9.67 Å². The minimum absolute atomic E-state index is 0.0274.